The average Bonchev–Trinajstić information content (AvgIpc) is 1.82. The molecule has 3 N–H and O–H groups in total. The molecule has 1 aliphatic rings. The number of carbonyl (C=O) groups excluding carboxylic acids is 1. The third kappa shape index (κ3) is 1.25. The van der Waals surface area contributed by atoms with E-state index < -0.39 is 12.0 Å². The Labute approximate surface area is 57.3 Å². The van der Waals surface area contributed by atoms with Gasteiger partial charge in [-0.15, -0.1) is 4.48 Å². The van der Waals surface area contributed by atoms with E-state index in [4.69, 9.17) is 5.11 Å². The van der Waals surface area contributed by atoms with Crippen LogP contribution in [0, 0.1) is 5.92 Å². The summed E-state index contributed by atoms with van der Waals surface area (Å²) >= 11 is 0. The van der Waals surface area contributed by atoms with Crippen LogP contribution in [-0.2, 0) is 4.79 Å². The highest BCUT2D eigenvalue weighted by molar-refractivity contribution is 5.79. The Morgan fingerprint density at radius 3 is 2.70 bits per heavy atom. The van der Waals surface area contributed by atoms with E-state index >= 15 is 0 Å². The molecule has 0 spiro atoms. The number of amides is 1. The number of aliphatic hydroxyl groups excluding tert-OH is 1. The maximum atomic E-state index is 11.4. The fourth-order valence-corrected chi connectivity index (χ4v) is 0.804. The fraction of sp³-hybridized carbons (Fsp3) is 0.800. The molecule has 0 aromatic heterocycles. The highest BCUT2D eigenvalue weighted by atomic mass is 19.2. The summed E-state index contributed by atoms with van der Waals surface area (Å²) in [6.45, 7) is 1.16. The van der Waals surface area contributed by atoms with Crippen LogP contribution in [0.15, 0.2) is 0 Å². The number of nitrogens with one attached hydrogen (secondary N) is 2. The Balaban J connectivity index is 2.31. The Morgan fingerprint density at radius 2 is 2.40 bits per heavy atom. The van der Waals surface area contributed by atoms with Crippen molar-refractivity contribution < 1.29 is 14.4 Å². The zero-order chi connectivity index (χ0) is 7.56. The normalized spacial score (nSPS) is 21.4. The van der Waals surface area contributed by atoms with Crippen molar-refractivity contribution in [3.8, 4) is 0 Å². The van der Waals surface area contributed by atoms with Crippen LogP contribution in [0.25, 0.3) is 0 Å². The van der Waals surface area contributed by atoms with Gasteiger partial charge in [0, 0.05) is 19.0 Å². The summed E-state index contributed by atoms with van der Waals surface area (Å²) in [7, 11) is 0. The Morgan fingerprint density at radius 1 is 1.80 bits per heavy atom. The number of hydrogen-bond donors (Lipinski definition) is 3. The molecule has 58 valence electrons. The minimum Gasteiger partial charge on any atom is -0.383 e. The smallest absolute Gasteiger partial charge is 0.276 e. The first-order chi connectivity index (χ1) is 4.75. The lowest BCUT2D eigenvalue weighted by atomic mass is 9.96. The quantitative estimate of drug-likeness (QED) is 0.421. The number of aliphatic hydroxyl groups is 1. The zero-order valence-corrected chi connectivity index (χ0v) is 5.30. The van der Waals surface area contributed by atoms with Crippen LogP contribution in [0.4, 0.5) is 4.48 Å². The van der Waals surface area contributed by atoms with Crippen molar-refractivity contribution in [3.05, 3.63) is 0 Å². The Kier molecular flexibility index (Phi) is 2.18. The molecule has 1 fully saturated rings. The van der Waals surface area contributed by atoms with Crippen LogP contribution in [0.5, 0.6) is 0 Å². The van der Waals surface area contributed by atoms with Crippen molar-refractivity contribution in [3.63, 3.8) is 0 Å². The van der Waals surface area contributed by atoms with E-state index in [1.807, 2.05) is 0 Å². The number of carbonyl (C=O) groups is 1. The number of hydrogen-bond acceptors (Lipinski definition) is 3. The van der Waals surface area contributed by atoms with Crippen LogP contribution in [0.3, 0.4) is 0 Å². The lowest BCUT2D eigenvalue weighted by Gasteiger charge is -2.29. The Bertz CT molecular complexity index is 138. The maximum Gasteiger partial charge on any atom is 0.276 e. The molecule has 0 saturated carbocycles. The molecule has 4 nitrogen and oxygen atoms in total. The number of rotatable bonds is 2. The van der Waals surface area contributed by atoms with E-state index in [0.717, 1.165) is 5.54 Å². The Hall–Kier alpha value is -0.680. The van der Waals surface area contributed by atoms with Gasteiger partial charge in [-0.2, -0.15) is 5.54 Å². The molecule has 0 radical (unpaired) electrons. The van der Waals surface area contributed by atoms with E-state index in [0.29, 0.717) is 13.1 Å². The van der Waals surface area contributed by atoms with Crippen molar-refractivity contribution in [1.82, 2.24) is 10.9 Å². The lowest BCUT2D eigenvalue weighted by Crippen LogP contribution is -2.52. The van der Waals surface area contributed by atoms with Gasteiger partial charge < -0.3 is 10.4 Å². The van der Waals surface area contributed by atoms with Crippen molar-refractivity contribution >= 4 is 5.91 Å². The molecule has 0 aromatic carbocycles. The lowest BCUT2D eigenvalue weighted by molar-refractivity contribution is -0.137. The zero-order valence-electron chi connectivity index (χ0n) is 5.30. The molecule has 1 aliphatic heterocycles. The third-order valence-corrected chi connectivity index (χ3v) is 1.62. The molecule has 1 unspecified atom stereocenters. The molecular formula is C5H9FN2O2. The van der Waals surface area contributed by atoms with E-state index in [9.17, 15) is 9.28 Å². The maximum absolute atomic E-state index is 11.4. The SMILES string of the molecule is O=C(NF)C(O)C1CNC1. The first-order valence-corrected chi connectivity index (χ1v) is 3.05. The first kappa shape index (κ1) is 7.43. The molecule has 1 amide bonds. The summed E-state index contributed by atoms with van der Waals surface area (Å²) < 4.78 is 11.4. The van der Waals surface area contributed by atoms with E-state index in [2.05, 4.69) is 5.32 Å². The van der Waals surface area contributed by atoms with Crippen LogP contribution >= 0.6 is 0 Å². The van der Waals surface area contributed by atoms with Crippen LogP contribution in [-0.4, -0.2) is 30.2 Å². The van der Waals surface area contributed by atoms with E-state index in [-0.39, 0.29) is 5.92 Å². The van der Waals surface area contributed by atoms with Gasteiger partial charge >= 0.3 is 0 Å². The summed E-state index contributed by atoms with van der Waals surface area (Å²) in [6, 6.07) is 0. The monoisotopic (exact) mass is 148 g/mol. The van der Waals surface area contributed by atoms with Gasteiger partial charge in [-0.3, -0.25) is 4.79 Å². The van der Waals surface area contributed by atoms with Crippen LogP contribution < -0.4 is 10.9 Å². The number of halogens is 1. The molecule has 10 heavy (non-hydrogen) atoms. The van der Waals surface area contributed by atoms with Gasteiger partial charge in [0.25, 0.3) is 5.91 Å². The third-order valence-electron chi connectivity index (χ3n) is 1.62. The molecule has 0 aromatic rings. The van der Waals surface area contributed by atoms with Gasteiger partial charge in [-0.25, -0.2) is 0 Å². The summed E-state index contributed by atoms with van der Waals surface area (Å²) in [5.74, 6) is -1.08. The minimum atomic E-state index is -1.20. The molecule has 1 rings (SSSR count). The second-order valence-electron chi connectivity index (χ2n) is 2.32. The van der Waals surface area contributed by atoms with Gasteiger partial charge in [-0.1, -0.05) is 0 Å². The van der Waals surface area contributed by atoms with Crippen molar-refractivity contribution in [2.75, 3.05) is 13.1 Å². The summed E-state index contributed by atoms with van der Waals surface area (Å²) in [4.78, 5) is 10.4. The molecule has 0 bridgehead atoms. The van der Waals surface area contributed by atoms with Gasteiger partial charge in [0.1, 0.15) is 6.10 Å². The second kappa shape index (κ2) is 2.94. The average molecular weight is 148 g/mol. The van der Waals surface area contributed by atoms with Crippen molar-refractivity contribution in [1.29, 1.82) is 0 Å². The summed E-state index contributed by atoms with van der Waals surface area (Å²) in [6.07, 6.45) is -1.20. The second-order valence-corrected chi connectivity index (χ2v) is 2.32. The molecule has 5 heteroatoms. The van der Waals surface area contributed by atoms with Gasteiger partial charge in [-0.05, 0) is 0 Å². The molecule has 1 atom stereocenters. The van der Waals surface area contributed by atoms with Crippen LogP contribution in [0.1, 0.15) is 0 Å². The molecule has 1 heterocycles. The first-order valence-electron chi connectivity index (χ1n) is 3.05. The standard InChI is InChI=1S/C5H9FN2O2/c6-8-5(10)4(9)3-1-7-2-3/h3-4,7,9H,1-2H2,(H,8,10). The molecular weight excluding hydrogens is 139 g/mol. The topological polar surface area (TPSA) is 61.4 Å². The summed E-state index contributed by atoms with van der Waals surface area (Å²) in [5.41, 5.74) is 0.897. The van der Waals surface area contributed by atoms with E-state index in [1.54, 1.807) is 0 Å². The highest BCUT2D eigenvalue weighted by Gasteiger charge is 2.30. The van der Waals surface area contributed by atoms with E-state index in [1.165, 1.54) is 0 Å². The molecule has 1 saturated heterocycles. The largest absolute Gasteiger partial charge is 0.383 e. The molecule has 0 aliphatic carbocycles. The minimum absolute atomic E-state index is 0.129. The fourth-order valence-electron chi connectivity index (χ4n) is 0.804. The highest BCUT2D eigenvalue weighted by Crippen LogP contribution is 2.08. The summed E-state index contributed by atoms with van der Waals surface area (Å²) in [5, 5.41) is 11.8. The van der Waals surface area contributed by atoms with Gasteiger partial charge in [0.2, 0.25) is 0 Å². The van der Waals surface area contributed by atoms with Crippen molar-refractivity contribution in [2.24, 2.45) is 5.92 Å². The van der Waals surface area contributed by atoms with Crippen molar-refractivity contribution in [2.45, 2.75) is 6.10 Å². The predicted octanol–water partition coefficient (Wildman–Crippen LogP) is -1.43. The van der Waals surface area contributed by atoms with Crippen LogP contribution in [0.2, 0.25) is 0 Å². The predicted molar refractivity (Wildman–Crippen MR) is 31.6 cm³/mol. The van der Waals surface area contributed by atoms with Gasteiger partial charge in [0.15, 0.2) is 0 Å². The van der Waals surface area contributed by atoms with Gasteiger partial charge in [0.05, 0.1) is 0 Å².